The second-order valence-electron chi connectivity index (χ2n) is 5.17. The molecule has 3 aromatic rings. The lowest BCUT2D eigenvalue weighted by Gasteiger charge is -2.09. The van der Waals surface area contributed by atoms with Crippen molar-refractivity contribution in [1.29, 1.82) is 0 Å². The van der Waals surface area contributed by atoms with E-state index in [1.165, 1.54) is 0 Å². The lowest BCUT2D eigenvalue weighted by atomic mass is 10.1. The van der Waals surface area contributed by atoms with Crippen LogP contribution < -0.4 is 5.32 Å². The molecule has 0 radical (unpaired) electrons. The van der Waals surface area contributed by atoms with Gasteiger partial charge in [0, 0.05) is 34.8 Å². The van der Waals surface area contributed by atoms with Crippen molar-refractivity contribution in [1.82, 2.24) is 20.3 Å². The number of carbonyl (C=O) groups is 1. The maximum Gasteiger partial charge on any atom is 0.224 e. The number of pyridine rings is 1. The van der Waals surface area contributed by atoms with Gasteiger partial charge in [-0.2, -0.15) is 0 Å². The Morgan fingerprint density at radius 1 is 0.958 bits per heavy atom. The first-order chi connectivity index (χ1) is 11.7. The molecule has 2 heterocycles. The summed E-state index contributed by atoms with van der Waals surface area (Å²) in [7, 11) is 0. The van der Waals surface area contributed by atoms with Crippen molar-refractivity contribution >= 4 is 21.8 Å². The third-order valence-corrected chi connectivity index (χ3v) is 3.99. The molecular weight excluding hydrogens is 368 g/mol. The normalized spacial score (nSPS) is 10.4. The van der Waals surface area contributed by atoms with Crippen molar-refractivity contribution in [3.05, 3.63) is 76.9 Å². The molecular formula is C18H15BrN4O. The molecule has 1 N–H and O–H groups in total. The predicted octanol–water partition coefficient (Wildman–Crippen LogP) is 3.16. The van der Waals surface area contributed by atoms with Crippen LogP contribution in [0.5, 0.6) is 0 Å². The highest BCUT2D eigenvalue weighted by molar-refractivity contribution is 9.10. The number of nitrogens with one attached hydrogen (secondary N) is 1. The Bertz CT molecular complexity index is 822. The van der Waals surface area contributed by atoms with Crippen molar-refractivity contribution < 1.29 is 4.79 Å². The largest absolute Gasteiger partial charge is 0.350 e. The van der Waals surface area contributed by atoms with Crippen molar-refractivity contribution in [2.75, 3.05) is 0 Å². The molecule has 0 aliphatic heterocycles. The third kappa shape index (κ3) is 4.23. The first kappa shape index (κ1) is 16.3. The molecule has 0 spiro atoms. The standard InChI is InChI=1S/C18H15BrN4O/c19-15-3-1-13(2-4-15)11-17(24)23-12-16-18(22-10-9-21-16)14-5-7-20-8-6-14/h1-10H,11-12H2,(H,23,24). The van der Waals surface area contributed by atoms with Gasteiger partial charge in [-0.1, -0.05) is 28.1 Å². The van der Waals surface area contributed by atoms with E-state index in [4.69, 9.17) is 0 Å². The minimum Gasteiger partial charge on any atom is -0.350 e. The number of hydrogen-bond donors (Lipinski definition) is 1. The second kappa shape index (κ2) is 7.79. The molecule has 0 aliphatic carbocycles. The van der Waals surface area contributed by atoms with Crippen LogP contribution in [0.4, 0.5) is 0 Å². The molecule has 0 fully saturated rings. The molecule has 1 amide bonds. The summed E-state index contributed by atoms with van der Waals surface area (Å²) in [5.41, 5.74) is 3.37. The van der Waals surface area contributed by atoms with Gasteiger partial charge in [-0.25, -0.2) is 0 Å². The first-order valence-corrected chi connectivity index (χ1v) is 8.23. The maximum absolute atomic E-state index is 12.1. The van der Waals surface area contributed by atoms with Crippen molar-refractivity contribution in [3.63, 3.8) is 0 Å². The molecule has 6 heteroatoms. The summed E-state index contributed by atoms with van der Waals surface area (Å²) < 4.78 is 0.994. The number of rotatable bonds is 5. The van der Waals surface area contributed by atoms with Gasteiger partial charge in [0.2, 0.25) is 5.91 Å². The molecule has 0 aliphatic rings. The van der Waals surface area contributed by atoms with E-state index >= 15 is 0 Å². The van der Waals surface area contributed by atoms with Crippen molar-refractivity contribution in [2.45, 2.75) is 13.0 Å². The van der Waals surface area contributed by atoms with E-state index in [9.17, 15) is 4.79 Å². The lowest BCUT2D eigenvalue weighted by molar-refractivity contribution is -0.120. The Balaban J connectivity index is 1.66. The molecule has 0 saturated carbocycles. The van der Waals surface area contributed by atoms with Crippen LogP contribution in [0.25, 0.3) is 11.3 Å². The average molecular weight is 383 g/mol. The molecule has 2 aromatic heterocycles. The fraction of sp³-hybridized carbons (Fsp3) is 0.111. The Kier molecular flexibility index (Phi) is 5.28. The predicted molar refractivity (Wildman–Crippen MR) is 95.0 cm³/mol. The van der Waals surface area contributed by atoms with Crippen LogP contribution in [0.2, 0.25) is 0 Å². The summed E-state index contributed by atoms with van der Waals surface area (Å²) in [6.07, 6.45) is 7.02. The quantitative estimate of drug-likeness (QED) is 0.735. The summed E-state index contributed by atoms with van der Waals surface area (Å²) in [5.74, 6) is -0.0522. The zero-order chi connectivity index (χ0) is 16.8. The Labute approximate surface area is 148 Å². The number of amides is 1. The van der Waals surface area contributed by atoms with E-state index in [2.05, 4.69) is 36.2 Å². The molecule has 120 valence electrons. The summed E-state index contributed by atoms with van der Waals surface area (Å²) in [4.78, 5) is 24.9. The van der Waals surface area contributed by atoms with Gasteiger partial charge in [0.05, 0.1) is 24.4 Å². The van der Waals surface area contributed by atoms with Crippen LogP contribution >= 0.6 is 15.9 Å². The number of aromatic nitrogens is 3. The molecule has 1 aromatic carbocycles. The van der Waals surface area contributed by atoms with E-state index in [-0.39, 0.29) is 5.91 Å². The molecule has 3 rings (SSSR count). The molecule has 5 nitrogen and oxygen atoms in total. The lowest BCUT2D eigenvalue weighted by Crippen LogP contribution is -2.25. The van der Waals surface area contributed by atoms with Crippen LogP contribution in [0.3, 0.4) is 0 Å². The number of nitrogens with zero attached hydrogens (tertiary/aromatic N) is 3. The van der Waals surface area contributed by atoms with Crippen LogP contribution in [0, 0.1) is 0 Å². The van der Waals surface area contributed by atoms with Gasteiger partial charge in [-0.15, -0.1) is 0 Å². The SMILES string of the molecule is O=C(Cc1ccc(Br)cc1)NCc1nccnc1-c1ccncc1. The van der Waals surface area contributed by atoms with Crippen LogP contribution in [-0.4, -0.2) is 20.9 Å². The molecule has 24 heavy (non-hydrogen) atoms. The number of carbonyl (C=O) groups excluding carboxylic acids is 1. The van der Waals surface area contributed by atoms with Gasteiger partial charge in [-0.3, -0.25) is 19.7 Å². The molecule has 0 atom stereocenters. The van der Waals surface area contributed by atoms with E-state index < -0.39 is 0 Å². The van der Waals surface area contributed by atoms with Crippen LogP contribution in [-0.2, 0) is 17.8 Å². The zero-order valence-electron chi connectivity index (χ0n) is 12.8. The Hall–Kier alpha value is -2.60. The summed E-state index contributed by atoms with van der Waals surface area (Å²) in [5, 5.41) is 2.90. The molecule has 0 unspecified atom stereocenters. The van der Waals surface area contributed by atoms with E-state index in [0.29, 0.717) is 13.0 Å². The minimum absolute atomic E-state index is 0.0522. The number of halogens is 1. The highest BCUT2D eigenvalue weighted by atomic mass is 79.9. The third-order valence-electron chi connectivity index (χ3n) is 3.46. The number of hydrogen-bond acceptors (Lipinski definition) is 4. The average Bonchev–Trinajstić information content (AvgIpc) is 2.63. The Morgan fingerprint density at radius 3 is 2.42 bits per heavy atom. The fourth-order valence-electron chi connectivity index (χ4n) is 2.28. The first-order valence-electron chi connectivity index (χ1n) is 7.44. The van der Waals surface area contributed by atoms with Crippen LogP contribution in [0.15, 0.2) is 65.7 Å². The molecule has 0 bridgehead atoms. The zero-order valence-corrected chi connectivity index (χ0v) is 14.4. The van der Waals surface area contributed by atoms with Gasteiger partial charge >= 0.3 is 0 Å². The smallest absolute Gasteiger partial charge is 0.224 e. The van der Waals surface area contributed by atoms with Crippen molar-refractivity contribution in [3.8, 4) is 11.3 Å². The number of benzene rings is 1. The summed E-state index contributed by atoms with van der Waals surface area (Å²) >= 11 is 3.38. The van der Waals surface area contributed by atoms with E-state index in [0.717, 1.165) is 27.0 Å². The minimum atomic E-state index is -0.0522. The summed E-state index contributed by atoms with van der Waals surface area (Å²) in [6.45, 7) is 0.334. The van der Waals surface area contributed by atoms with Crippen LogP contribution in [0.1, 0.15) is 11.3 Å². The van der Waals surface area contributed by atoms with E-state index in [1.54, 1.807) is 24.8 Å². The maximum atomic E-state index is 12.1. The van der Waals surface area contributed by atoms with Gasteiger partial charge in [0.25, 0.3) is 0 Å². The fourth-order valence-corrected chi connectivity index (χ4v) is 2.54. The topological polar surface area (TPSA) is 67.8 Å². The highest BCUT2D eigenvalue weighted by Gasteiger charge is 2.09. The van der Waals surface area contributed by atoms with Gasteiger partial charge < -0.3 is 5.32 Å². The van der Waals surface area contributed by atoms with Gasteiger partial charge in [-0.05, 0) is 29.8 Å². The monoisotopic (exact) mass is 382 g/mol. The Morgan fingerprint density at radius 2 is 1.67 bits per heavy atom. The highest BCUT2D eigenvalue weighted by Crippen LogP contribution is 2.18. The van der Waals surface area contributed by atoms with Gasteiger partial charge in [0.15, 0.2) is 0 Å². The molecule has 0 saturated heterocycles. The second-order valence-corrected chi connectivity index (χ2v) is 6.08. The van der Waals surface area contributed by atoms with E-state index in [1.807, 2.05) is 36.4 Å². The van der Waals surface area contributed by atoms with Crippen molar-refractivity contribution in [2.24, 2.45) is 0 Å². The summed E-state index contributed by atoms with van der Waals surface area (Å²) in [6, 6.07) is 11.4. The van der Waals surface area contributed by atoms with Gasteiger partial charge in [0.1, 0.15) is 0 Å².